The third kappa shape index (κ3) is 3.03. The number of fused-ring (bicyclic) bond motifs is 1. The van der Waals surface area contributed by atoms with E-state index in [1.54, 1.807) is 0 Å². The summed E-state index contributed by atoms with van der Waals surface area (Å²) in [5.41, 5.74) is 5.10. The molecule has 0 radical (unpaired) electrons. The van der Waals surface area contributed by atoms with Gasteiger partial charge in [-0.1, -0.05) is 36.5 Å². The van der Waals surface area contributed by atoms with Gasteiger partial charge in [-0.2, -0.15) is 0 Å². The first-order valence-electron chi connectivity index (χ1n) is 7.39. The van der Waals surface area contributed by atoms with Crippen molar-refractivity contribution in [1.29, 1.82) is 0 Å². The fraction of sp³-hybridized carbons (Fsp3) is 0.278. The highest BCUT2D eigenvalue weighted by atomic mass is 79.9. The Labute approximate surface area is 145 Å². The first kappa shape index (κ1) is 15.5. The van der Waals surface area contributed by atoms with Gasteiger partial charge >= 0.3 is 0 Å². The van der Waals surface area contributed by atoms with Gasteiger partial charge in [0.15, 0.2) is 0 Å². The van der Waals surface area contributed by atoms with Crippen molar-refractivity contribution >= 4 is 38.8 Å². The van der Waals surface area contributed by atoms with Gasteiger partial charge in [-0.3, -0.25) is 0 Å². The van der Waals surface area contributed by atoms with Crippen LogP contribution >= 0.6 is 28.1 Å². The molecule has 0 amide bonds. The molecule has 2 nitrogen and oxygen atoms in total. The Morgan fingerprint density at radius 3 is 2.55 bits per heavy atom. The van der Waals surface area contributed by atoms with Gasteiger partial charge in [-0.05, 0) is 51.7 Å². The second kappa shape index (κ2) is 6.39. The summed E-state index contributed by atoms with van der Waals surface area (Å²) in [5, 5.41) is 0. The standard InChI is InChI=1S/C18H19BrN2S/c1-20(2)17-8-7-14(11-16(17)19)18(22)21-10-9-13-5-3-4-6-15(13)12-21/h3-8,11H,9-10,12H2,1-2H3. The average molecular weight is 375 g/mol. The van der Waals surface area contributed by atoms with Crippen molar-refractivity contribution < 1.29 is 0 Å². The highest BCUT2D eigenvalue weighted by Gasteiger charge is 2.19. The molecule has 2 aromatic carbocycles. The highest BCUT2D eigenvalue weighted by Crippen LogP contribution is 2.27. The normalized spacial score (nSPS) is 13.7. The quantitative estimate of drug-likeness (QED) is 0.725. The Morgan fingerprint density at radius 2 is 1.86 bits per heavy atom. The molecule has 22 heavy (non-hydrogen) atoms. The lowest BCUT2D eigenvalue weighted by Gasteiger charge is -2.31. The monoisotopic (exact) mass is 374 g/mol. The van der Waals surface area contributed by atoms with Crippen molar-refractivity contribution in [3.8, 4) is 0 Å². The number of rotatable bonds is 2. The molecule has 0 unspecified atom stereocenters. The Morgan fingerprint density at radius 1 is 1.14 bits per heavy atom. The summed E-state index contributed by atoms with van der Waals surface area (Å²) in [4.78, 5) is 5.32. The molecule has 1 aliphatic heterocycles. The molecular weight excluding hydrogens is 356 g/mol. The topological polar surface area (TPSA) is 6.48 Å². The molecule has 0 aromatic heterocycles. The van der Waals surface area contributed by atoms with Crippen LogP contribution in [-0.4, -0.2) is 30.5 Å². The second-order valence-corrected chi connectivity index (χ2v) is 7.05. The van der Waals surface area contributed by atoms with Gasteiger partial charge < -0.3 is 9.80 Å². The lowest BCUT2D eigenvalue weighted by atomic mass is 9.99. The molecule has 2 aromatic rings. The van der Waals surface area contributed by atoms with Crippen molar-refractivity contribution in [2.45, 2.75) is 13.0 Å². The van der Waals surface area contributed by atoms with Crippen LogP contribution in [0.3, 0.4) is 0 Å². The van der Waals surface area contributed by atoms with Crippen LogP contribution < -0.4 is 4.90 Å². The predicted octanol–water partition coefficient (Wildman–Crippen LogP) is 4.25. The molecule has 0 fully saturated rings. The molecule has 0 saturated heterocycles. The van der Waals surface area contributed by atoms with Gasteiger partial charge in [0.2, 0.25) is 0 Å². The number of anilines is 1. The molecule has 4 heteroatoms. The maximum Gasteiger partial charge on any atom is 0.109 e. The van der Waals surface area contributed by atoms with E-state index in [1.165, 1.54) is 11.1 Å². The highest BCUT2D eigenvalue weighted by molar-refractivity contribution is 9.10. The summed E-state index contributed by atoms with van der Waals surface area (Å²) in [6, 6.07) is 15.0. The van der Waals surface area contributed by atoms with Gasteiger partial charge in [0.1, 0.15) is 4.99 Å². The number of thiocarbonyl (C=S) groups is 1. The summed E-state index contributed by atoms with van der Waals surface area (Å²) in [6.45, 7) is 1.89. The Kier molecular flexibility index (Phi) is 4.50. The smallest absolute Gasteiger partial charge is 0.109 e. The second-order valence-electron chi connectivity index (χ2n) is 5.81. The van der Waals surface area contributed by atoms with Crippen LogP contribution in [0.4, 0.5) is 5.69 Å². The van der Waals surface area contributed by atoms with E-state index >= 15 is 0 Å². The zero-order chi connectivity index (χ0) is 15.7. The van der Waals surface area contributed by atoms with Crippen LogP contribution in [0.15, 0.2) is 46.9 Å². The summed E-state index contributed by atoms with van der Waals surface area (Å²) in [7, 11) is 4.08. The zero-order valence-electron chi connectivity index (χ0n) is 12.8. The first-order chi connectivity index (χ1) is 10.6. The van der Waals surface area contributed by atoms with Crippen LogP contribution in [0.25, 0.3) is 0 Å². The van der Waals surface area contributed by atoms with Gasteiger partial charge in [-0.25, -0.2) is 0 Å². The summed E-state index contributed by atoms with van der Waals surface area (Å²) in [5.74, 6) is 0. The zero-order valence-corrected chi connectivity index (χ0v) is 15.2. The SMILES string of the molecule is CN(C)c1ccc(C(=S)N2CCc3ccccc3C2)cc1Br. The van der Waals surface area contributed by atoms with Crippen molar-refractivity contribution in [3.63, 3.8) is 0 Å². The molecule has 0 saturated carbocycles. The number of hydrogen-bond acceptors (Lipinski definition) is 2. The third-order valence-corrected chi connectivity index (χ3v) is 5.22. The van der Waals surface area contributed by atoms with E-state index in [-0.39, 0.29) is 0 Å². The van der Waals surface area contributed by atoms with Gasteiger partial charge in [-0.15, -0.1) is 0 Å². The van der Waals surface area contributed by atoms with Crippen LogP contribution in [0, 0.1) is 0 Å². The van der Waals surface area contributed by atoms with Gasteiger partial charge in [0, 0.05) is 37.2 Å². The molecule has 1 heterocycles. The molecule has 0 atom stereocenters. The molecule has 3 rings (SSSR count). The molecule has 1 aliphatic rings. The van der Waals surface area contributed by atoms with E-state index in [1.807, 2.05) is 14.1 Å². The van der Waals surface area contributed by atoms with Crippen LogP contribution in [0.1, 0.15) is 16.7 Å². The fourth-order valence-corrected chi connectivity index (χ4v) is 3.87. The van der Waals surface area contributed by atoms with E-state index in [0.717, 1.165) is 40.2 Å². The summed E-state index contributed by atoms with van der Waals surface area (Å²) in [6.07, 6.45) is 1.06. The van der Waals surface area contributed by atoms with Crippen LogP contribution in [-0.2, 0) is 13.0 Å². The molecule has 0 N–H and O–H groups in total. The largest absolute Gasteiger partial charge is 0.377 e. The minimum atomic E-state index is 0.905. The minimum absolute atomic E-state index is 0.905. The maximum atomic E-state index is 5.73. The fourth-order valence-electron chi connectivity index (χ4n) is 2.85. The van der Waals surface area contributed by atoms with Crippen molar-refractivity contribution in [2.24, 2.45) is 0 Å². The molecule has 0 aliphatic carbocycles. The van der Waals surface area contributed by atoms with Crippen molar-refractivity contribution in [1.82, 2.24) is 4.90 Å². The maximum absolute atomic E-state index is 5.73. The number of hydrogen-bond donors (Lipinski definition) is 0. The molecule has 0 bridgehead atoms. The lowest BCUT2D eigenvalue weighted by Crippen LogP contribution is -2.35. The molecule has 0 spiro atoms. The number of benzene rings is 2. The van der Waals surface area contributed by atoms with E-state index in [9.17, 15) is 0 Å². The Hall–Kier alpha value is -1.39. The number of nitrogens with zero attached hydrogens (tertiary/aromatic N) is 2. The van der Waals surface area contributed by atoms with E-state index in [0.29, 0.717) is 0 Å². The summed E-state index contributed by atoms with van der Waals surface area (Å²) < 4.78 is 1.08. The van der Waals surface area contributed by atoms with Crippen LogP contribution in [0.2, 0.25) is 0 Å². The van der Waals surface area contributed by atoms with Crippen molar-refractivity contribution in [2.75, 3.05) is 25.5 Å². The molecular formula is C18H19BrN2S. The van der Waals surface area contributed by atoms with Gasteiger partial charge in [0.05, 0.1) is 5.69 Å². The van der Waals surface area contributed by atoms with E-state index in [4.69, 9.17) is 12.2 Å². The van der Waals surface area contributed by atoms with E-state index < -0.39 is 0 Å². The van der Waals surface area contributed by atoms with Gasteiger partial charge in [0.25, 0.3) is 0 Å². The third-order valence-electron chi connectivity index (χ3n) is 4.09. The lowest BCUT2D eigenvalue weighted by molar-refractivity contribution is 0.401. The molecule has 114 valence electrons. The Balaban J connectivity index is 1.82. The Bertz CT molecular complexity index is 712. The number of halogens is 1. The predicted molar refractivity (Wildman–Crippen MR) is 101 cm³/mol. The first-order valence-corrected chi connectivity index (χ1v) is 8.59. The average Bonchev–Trinajstić information content (AvgIpc) is 2.53. The minimum Gasteiger partial charge on any atom is -0.377 e. The van der Waals surface area contributed by atoms with E-state index in [2.05, 4.69) is 68.2 Å². The summed E-state index contributed by atoms with van der Waals surface area (Å²) >= 11 is 9.38. The van der Waals surface area contributed by atoms with Crippen LogP contribution in [0.5, 0.6) is 0 Å². The van der Waals surface area contributed by atoms with Crippen molar-refractivity contribution in [3.05, 3.63) is 63.6 Å².